The second-order valence-electron chi connectivity index (χ2n) is 4.87. The standard InChI is InChI=1S/C14H15F3O2/c15-14(16,17)12-5-11(8-18)6-13(7-12)19-9-10-3-1-2-4-10/h5-8,10H,1-4,9H2. The van der Waals surface area contributed by atoms with Gasteiger partial charge in [0.2, 0.25) is 0 Å². The SMILES string of the molecule is O=Cc1cc(OCC2CCCC2)cc(C(F)(F)F)c1. The van der Waals surface area contributed by atoms with E-state index < -0.39 is 11.7 Å². The van der Waals surface area contributed by atoms with E-state index in [2.05, 4.69) is 0 Å². The fourth-order valence-electron chi connectivity index (χ4n) is 2.33. The lowest BCUT2D eigenvalue weighted by Crippen LogP contribution is -2.10. The van der Waals surface area contributed by atoms with Crippen LogP contribution in [0.1, 0.15) is 41.6 Å². The summed E-state index contributed by atoms with van der Waals surface area (Å²) in [5.41, 5.74) is -0.866. The van der Waals surface area contributed by atoms with Crippen molar-refractivity contribution in [2.45, 2.75) is 31.9 Å². The number of halogens is 3. The molecule has 0 spiro atoms. The predicted molar refractivity (Wildman–Crippen MR) is 64.3 cm³/mol. The van der Waals surface area contributed by atoms with Crippen LogP contribution < -0.4 is 4.74 Å². The lowest BCUT2D eigenvalue weighted by molar-refractivity contribution is -0.137. The van der Waals surface area contributed by atoms with Crippen molar-refractivity contribution in [2.75, 3.05) is 6.61 Å². The number of hydrogen-bond donors (Lipinski definition) is 0. The van der Waals surface area contributed by atoms with Gasteiger partial charge in [0.15, 0.2) is 0 Å². The number of aldehydes is 1. The highest BCUT2D eigenvalue weighted by atomic mass is 19.4. The van der Waals surface area contributed by atoms with Crippen LogP contribution in [0.3, 0.4) is 0 Å². The third-order valence-electron chi connectivity index (χ3n) is 3.35. The molecule has 1 aliphatic rings. The zero-order valence-corrected chi connectivity index (χ0v) is 10.4. The summed E-state index contributed by atoms with van der Waals surface area (Å²) in [7, 11) is 0. The molecule has 2 rings (SSSR count). The van der Waals surface area contributed by atoms with E-state index in [4.69, 9.17) is 4.74 Å². The summed E-state index contributed by atoms with van der Waals surface area (Å²) in [5.74, 6) is 0.526. The first-order valence-corrected chi connectivity index (χ1v) is 6.29. The van der Waals surface area contributed by atoms with Crippen LogP contribution >= 0.6 is 0 Å². The second-order valence-corrected chi connectivity index (χ2v) is 4.87. The van der Waals surface area contributed by atoms with Crippen LogP contribution in [0.15, 0.2) is 18.2 Å². The molecule has 0 radical (unpaired) electrons. The topological polar surface area (TPSA) is 26.3 Å². The van der Waals surface area contributed by atoms with Crippen LogP contribution in [-0.4, -0.2) is 12.9 Å². The minimum atomic E-state index is -4.47. The van der Waals surface area contributed by atoms with E-state index in [-0.39, 0.29) is 11.3 Å². The van der Waals surface area contributed by atoms with Crippen molar-refractivity contribution < 1.29 is 22.7 Å². The molecular weight excluding hydrogens is 257 g/mol. The van der Waals surface area contributed by atoms with E-state index in [1.807, 2.05) is 0 Å². The zero-order chi connectivity index (χ0) is 13.9. The van der Waals surface area contributed by atoms with Crippen LogP contribution in [0, 0.1) is 5.92 Å². The Balaban J connectivity index is 2.12. The molecule has 0 saturated heterocycles. The number of carbonyl (C=O) groups excluding carboxylic acids is 1. The Morgan fingerprint density at radius 2 is 1.89 bits per heavy atom. The zero-order valence-electron chi connectivity index (χ0n) is 10.4. The minimum absolute atomic E-state index is 0.0174. The van der Waals surface area contributed by atoms with Gasteiger partial charge in [0.25, 0.3) is 0 Å². The molecule has 1 fully saturated rings. The van der Waals surface area contributed by atoms with E-state index in [0.29, 0.717) is 18.8 Å². The summed E-state index contributed by atoms with van der Waals surface area (Å²) >= 11 is 0. The molecule has 1 aromatic rings. The van der Waals surface area contributed by atoms with Gasteiger partial charge >= 0.3 is 6.18 Å². The van der Waals surface area contributed by atoms with Gasteiger partial charge in [0, 0.05) is 5.56 Å². The van der Waals surface area contributed by atoms with Gasteiger partial charge in [-0.3, -0.25) is 4.79 Å². The molecule has 0 aliphatic heterocycles. The summed E-state index contributed by atoms with van der Waals surface area (Å²) in [4.78, 5) is 10.7. The third-order valence-corrected chi connectivity index (χ3v) is 3.35. The van der Waals surface area contributed by atoms with Crippen LogP contribution in [0.4, 0.5) is 13.2 Å². The Morgan fingerprint density at radius 1 is 1.21 bits per heavy atom. The molecule has 19 heavy (non-hydrogen) atoms. The Labute approximate surface area is 109 Å². The van der Waals surface area contributed by atoms with Crippen molar-refractivity contribution in [3.8, 4) is 5.75 Å². The van der Waals surface area contributed by atoms with Gasteiger partial charge in [-0.25, -0.2) is 0 Å². The molecule has 1 saturated carbocycles. The molecule has 0 amide bonds. The normalized spacial score (nSPS) is 16.6. The van der Waals surface area contributed by atoms with Gasteiger partial charge in [-0.15, -0.1) is 0 Å². The molecule has 0 aromatic heterocycles. The molecule has 0 unspecified atom stereocenters. The lowest BCUT2D eigenvalue weighted by atomic mass is 10.1. The number of carbonyl (C=O) groups is 1. The molecule has 1 aliphatic carbocycles. The number of benzene rings is 1. The fraction of sp³-hybridized carbons (Fsp3) is 0.500. The largest absolute Gasteiger partial charge is 0.493 e. The summed E-state index contributed by atoms with van der Waals surface area (Å²) in [6, 6.07) is 3.12. The highest BCUT2D eigenvalue weighted by molar-refractivity contribution is 5.76. The van der Waals surface area contributed by atoms with Crippen molar-refractivity contribution >= 4 is 6.29 Å². The average Bonchev–Trinajstić information content (AvgIpc) is 2.88. The molecule has 5 heteroatoms. The number of ether oxygens (including phenoxy) is 1. The van der Waals surface area contributed by atoms with E-state index >= 15 is 0 Å². The molecule has 104 valence electrons. The van der Waals surface area contributed by atoms with Gasteiger partial charge < -0.3 is 4.74 Å². The van der Waals surface area contributed by atoms with Crippen molar-refractivity contribution in [3.63, 3.8) is 0 Å². The van der Waals surface area contributed by atoms with Crippen molar-refractivity contribution in [1.82, 2.24) is 0 Å². The van der Waals surface area contributed by atoms with Gasteiger partial charge in [-0.2, -0.15) is 13.2 Å². The quantitative estimate of drug-likeness (QED) is 0.772. The molecule has 0 atom stereocenters. The van der Waals surface area contributed by atoms with Gasteiger partial charge in [-0.1, -0.05) is 12.8 Å². The highest BCUT2D eigenvalue weighted by Crippen LogP contribution is 2.33. The monoisotopic (exact) mass is 272 g/mol. The number of rotatable bonds is 4. The first kappa shape index (κ1) is 13.9. The van der Waals surface area contributed by atoms with Crippen molar-refractivity contribution in [3.05, 3.63) is 29.3 Å². The average molecular weight is 272 g/mol. The van der Waals surface area contributed by atoms with E-state index in [0.717, 1.165) is 37.8 Å². The lowest BCUT2D eigenvalue weighted by Gasteiger charge is -2.14. The summed E-state index contributed by atoms with van der Waals surface area (Å²) in [5, 5.41) is 0. The Kier molecular flexibility index (Phi) is 4.12. The maximum absolute atomic E-state index is 12.7. The Morgan fingerprint density at radius 3 is 2.47 bits per heavy atom. The summed E-state index contributed by atoms with van der Waals surface area (Å²) < 4.78 is 43.4. The maximum Gasteiger partial charge on any atom is 0.416 e. The Bertz CT molecular complexity index is 448. The number of alkyl halides is 3. The molecule has 0 N–H and O–H groups in total. The van der Waals surface area contributed by atoms with Crippen LogP contribution in [-0.2, 0) is 6.18 Å². The third kappa shape index (κ3) is 3.72. The molecule has 2 nitrogen and oxygen atoms in total. The van der Waals surface area contributed by atoms with Crippen LogP contribution in [0.25, 0.3) is 0 Å². The smallest absolute Gasteiger partial charge is 0.416 e. The van der Waals surface area contributed by atoms with Crippen molar-refractivity contribution in [2.24, 2.45) is 5.92 Å². The van der Waals surface area contributed by atoms with Crippen LogP contribution in [0.5, 0.6) is 5.75 Å². The van der Waals surface area contributed by atoms with E-state index in [1.165, 1.54) is 6.07 Å². The number of hydrogen-bond acceptors (Lipinski definition) is 2. The van der Waals surface area contributed by atoms with E-state index in [1.54, 1.807) is 0 Å². The molecular formula is C14H15F3O2. The molecule has 1 aromatic carbocycles. The Hall–Kier alpha value is -1.52. The first-order valence-electron chi connectivity index (χ1n) is 6.29. The highest BCUT2D eigenvalue weighted by Gasteiger charge is 2.31. The first-order chi connectivity index (χ1) is 8.99. The van der Waals surface area contributed by atoms with Crippen molar-refractivity contribution in [1.29, 1.82) is 0 Å². The predicted octanol–water partition coefficient (Wildman–Crippen LogP) is 4.09. The van der Waals surface area contributed by atoms with Gasteiger partial charge in [-0.05, 0) is 37.0 Å². The molecule has 0 bridgehead atoms. The van der Waals surface area contributed by atoms with Gasteiger partial charge in [0.1, 0.15) is 12.0 Å². The summed E-state index contributed by atoms with van der Waals surface area (Å²) in [6.45, 7) is 0.416. The summed E-state index contributed by atoms with van der Waals surface area (Å²) in [6.07, 6.45) is 0.341. The van der Waals surface area contributed by atoms with Gasteiger partial charge in [0.05, 0.1) is 12.2 Å². The maximum atomic E-state index is 12.7. The molecule has 0 heterocycles. The second kappa shape index (κ2) is 5.63. The van der Waals surface area contributed by atoms with Crippen LogP contribution in [0.2, 0.25) is 0 Å². The fourth-order valence-corrected chi connectivity index (χ4v) is 2.33. The minimum Gasteiger partial charge on any atom is -0.493 e. The van der Waals surface area contributed by atoms with E-state index in [9.17, 15) is 18.0 Å².